The fraction of sp³-hybridized carbons (Fsp3) is 0.235. The predicted molar refractivity (Wildman–Crippen MR) is 90.1 cm³/mol. The average Bonchev–Trinajstić information content (AvgIpc) is 2.49. The quantitative estimate of drug-likeness (QED) is 0.486. The smallest absolute Gasteiger partial charge is 0.173 e. The third-order valence-corrected chi connectivity index (χ3v) is 3.83. The van der Waals surface area contributed by atoms with Gasteiger partial charge in [0.15, 0.2) is 5.78 Å². The first-order valence-corrected chi connectivity index (χ1v) is 8.29. The first-order chi connectivity index (χ1) is 10.1. The van der Waals surface area contributed by atoms with Crippen molar-refractivity contribution in [1.29, 1.82) is 0 Å². The van der Waals surface area contributed by atoms with Gasteiger partial charge in [0.25, 0.3) is 0 Å². The van der Waals surface area contributed by atoms with Crippen molar-refractivity contribution < 1.29 is 9.53 Å². The zero-order valence-electron chi connectivity index (χ0n) is 11.7. The van der Waals surface area contributed by atoms with E-state index < -0.39 is 0 Å². The van der Waals surface area contributed by atoms with Crippen molar-refractivity contribution in [2.45, 2.75) is 19.8 Å². The number of carbonyl (C=O) groups is 1. The van der Waals surface area contributed by atoms with Crippen LogP contribution in [-0.4, -0.2) is 11.1 Å². The Balaban J connectivity index is 2.26. The van der Waals surface area contributed by atoms with E-state index in [0.717, 1.165) is 35.5 Å². The molecule has 0 unspecified atom stereocenters. The van der Waals surface area contributed by atoms with Crippen LogP contribution in [0.2, 0.25) is 5.02 Å². The van der Waals surface area contributed by atoms with Crippen molar-refractivity contribution in [1.82, 2.24) is 0 Å². The van der Waals surface area contributed by atoms with Gasteiger partial charge in [-0.05, 0) is 54.4 Å². The summed E-state index contributed by atoms with van der Waals surface area (Å²) in [5.74, 6) is 1.55. The van der Waals surface area contributed by atoms with E-state index in [1.807, 2.05) is 30.3 Å². The maximum atomic E-state index is 11.9. The van der Waals surface area contributed by atoms with Gasteiger partial charge >= 0.3 is 0 Å². The van der Waals surface area contributed by atoms with Gasteiger partial charge < -0.3 is 4.74 Å². The van der Waals surface area contributed by atoms with Gasteiger partial charge in [0, 0.05) is 10.6 Å². The number of Topliss-reactive ketones (excluding diaryl/α,β-unsaturated/α-hetero) is 1. The van der Waals surface area contributed by atoms with Gasteiger partial charge in [-0.2, -0.15) is 0 Å². The normalized spacial score (nSPS) is 10.4. The first kappa shape index (κ1) is 16.1. The Morgan fingerprint density at radius 3 is 2.43 bits per heavy atom. The van der Waals surface area contributed by atoms with Crippen molar-refractivity contribution in [2.24, 2.45) is 0 Å². The van der Waals surface area contributed by atoms with Crippen LogP contribution >= 0.6 is 27.5 Å². The topological polar surface area (TPSA) is 26.3 Å². The molecule has 0 aliphatic rings. The maximum Gasteiger partial charge on any atom is 0.173 e. The maximum absolute atomic E-state index is 11.9. The van der Waals surface area contributed by atoms with Gasteiger partial charge in [-0.3, -0.25) is 4.79 Å². The van der Waals surface area contributed by atoms with E-state index in [2.05, 4.69) is 22.9 Å². The van der Waals surface area contributed by atoms with Crippen molar-refractivity contribution in [3.05, 3.63) is 58.6 Å². The number of carbonyl (C=O) groups excluding carboxylic acids is 1. The molecule has 4 heteroatoms. The number of ether oxygens (including phenoxy) is 1. The van der Waals surface area contributed by atoms with Gasteiger partial charge in [-0.25, -0.2) is 0 Å². The summed E-state index contributed by atoms with van der Waals surface area (Å²) in [6.07, 6.45) is 1.83. The second kappa shape index (κ2) is 7.62. The molecule has 0 aliphatic heterocycles. The molecule has 2 nitrogen and oxygen atoms in total. The number of rotatable bonds is 6. The molecule has 0 N–H and O–H groups in total. The highest BCUT2D eigenvalue weighted by Gasteiger charge is 2.11. The lowest BCUT2D eigenvalue weighted by atomic mass is 10.0. The Kier molecular flexibility index (Phi) is 5.83. The van der Waals surface area contributed by atoms with Crippen LogP contribution in [-0.2, 0) is 6.42 Å². The van der Waals surface area contributed by atoms with E-state index in [9.17, 15) is 4.79 Å². The first-order valence-electron chi connectivity index (χ1n) is 6.79. The zero-order chi connectivity index (χ0) is 15.2. The monoisotopic (exact) mass is 366 g/mol. The van der Waals surface area contributed by atoms with E-state index in [-0.39, 0.29) is 5.78 Å². The summed E-state index contributed by atoms with van der Waals surface area (Å²) in [5.41, 5.74) is 1.78. The van der Waals surface area contributed by atoms with Crippen molar-refractivity contribution in [3.63, 3.8) is 0 Å². The Labute approximate surface area is 138 Å². The number of hydrogen-bond acceptors (Lipinski definition) is 2. The summed E-state index contributed by atoms with van der Waals surface area (Å²) < 4.78 is 5.81. The summed E-state index contributed by atoms with van der Waals surface area (Å²) in [6.45, 7) is 2.09. The van der Waals surface area contributed by atoms with Crippen molar-refractivity contribution >= 4 is 33.3 Å². The van der Waals surface area contributed by atoms with Crippen molar-refractivity contribution in [2.75, 3.05) is 5.33 Å². The number of ketones is 1. The van der Waals surface area contributed by atoms with Crippen LogP contribution in [0, 0.1) is 0 Å². The summed E-state index contributed by atoms with van der Waals surface area (Å²) in [7, 11) is 0. The van der Waals surface area contributed by atoms with Gasteiger partial charge in [0.05, 0.1) is 5.33 Å². The molecule has 0 heterocycles. The Morgan fingerprint density at radius 1 is 1.14 bits per heavy atom. The number of hydrogen-bond donors (Lipinski definition) is 0. The molecule has 0 atom stereocenters. The molecule has 21 heavy (non-hydrogen) atoms. The lowest BCUT2D eigenvalue weighted by Gasteiger charge is -2.11. The molecule has 2 aromatic rings. The average molecular weight is 368 g/mol. The Morgan fingerprint density at radius 2 is 1.81 bits per heavy atom. The molecule has 2 rings (SSSR count). The van der Waals surface area contributed by atoms with Gasteiger partial charge in [-0.15, -0.1) is 0 Å². The molecule has 0 bridgehead atoms. The minimum atomic E-state index is 0.0940. The molecule has 0 fully saturated rings. The predicted octanol–water partition coefficient (Wildman–Crippen LogP) is 5.66. The second-order valence-corrected chi connectivity index (χ2v) is 5.68. The third-order valence-electron chi connectivity index (χ3n) is 3.07. The summed E-state index contributed by atoms with van der Waals surface area (Å²) in [4.78, 5) is 11.9. The molecule has 0 saturated heterocycles. The fourth-order valence-electron chi connectivity index (χ4n) is 2.09. The van der Waals surface area contributed by atoms with E-state index >= 15 is 0 Å². The highest BCUT2D eigenvalue weighted by Crippen LogP contribution is 2.26. The molecule has 0 aliphatic carbocycles. The Hall–Kier alpha value is -1.32. The van der Waals surface area contributed by atoms with Crippen molar-refractivity contribution in [3.8, 4) is 11.5 Å². The molecule has 110 valence electrons. The fourth-order valence-corrected chi connectivity index (χ4v) is 2.52. The number of alkyl halides is 1. The highest BCUT2D eigenvalue weighted by molar-refractivity contribution is 9.09. The molecular weight excluding hydrogens is 352 g/mol. The van der Waals surface area contributed by atoms with Gasteiger partial charge in [0.2, 0.25) is 0 Å². The molecule has 0 radical (unpaired) electrons. The summed E-state index contributed by atoms with van der Waals surface area (Å²) >= 11 is 9.08. The lowest BCUT2D eigenvalue weighted by molar-refractivity contribution is 0.102. The van der Waals surface area contributed by atoms with Gasteiger partial charge in [0.1, 0.15) is 11.5 Å². The van der Waals surface area contributed by atoms with Gasteiger partial charge in [-0.1, -0.05) is 40.9 Å². The lowest BCUT2D eigenvalue weighted by Crippen LogP contribution is -2.05. The largest absolute Gasteiger partial charge is 0.457 e. The summed E-state index contributed by atoms with van der Waals surface area (Å²) in [5, 5.41) is 1.01. The van der Waals surface area contributed by atoms with Crippen LogP contribution in [0.5, 0.6) is 11.5 Å². The number of aryl methyl sites for hydroxylation is 1. The highest BCUT2D eigenvalue weighted by atomic mass is 79.9. The minimum absolute atomic E-state index is 0.0940. The van der Waals surface area contributed by atoms with Crippen LogP contribution in [0.25, 0.3) is 0 Å². The molecular formula is C17H16BrClO2. The van der Waals surface area contributed by atoms with E-state index in [1.54, 1.807) is 12.1 Å². The summed E-state index contributed by atoms with van der Waals surface area (Å²) in [6, 6.07) is 12.8. The van der Waals surface area contributed by atoms with Crippen LogP contribution in [0.3, 0.4) is 0 Å². The van der Waals surface area contributed by atoms with Crippen LogP contribution < -0.4 is 4.74 Å². The molecule has 0 amide bonds. The minimum Gasteiger partial charge on any atom is -0.457 e. The molecule has 2 aromatic carbocycles. The molecule has 0 saturated carbocycles. The standard InChI is InChI=1S/C17H16BrClO2/c1-2-3-12-10-15(8-9-16(12)17(20)11-18)21-14-6-4-13(19)5-7-14/h4-10H,2-3,11H2,1H3. The SMILES string of the molecule is CCCc1cc(Oc2ccc(Cl)cc2)ccc1C(=O)CBr. The van der Waals surface area contributed by atoms with E-state index in [0.29, 0.717) is 10.4 Å². The molecule has 0 aromatic heterocycles. The van der Waals surface area contributed by atoms with E-state index in [4.69, 9.17) is 16.3 Å². The molecule has 0 spiro atoms. The van der Waals surface area contributed by atoms with Crippen LogP contribution in [0.1, 0.15) is 29.3 Å². The van der Waals surface area contributed by atoms with E-state index in [1.165, 1.54) is 0 Å². The zero-order valence-corrected chi connectivity index (χ0v) is 14.1. The Bertz CT molecular complexity index is 623. The number of halogens is 2. The second-order valence-electron chi connectivity index (χ2n) is 4.68. The van der Waals surface area contributed by atoms with Crippen LogP contribution in [0.4, 0.5) is 0 Å². The van der Waals surface area contributed by atoms with Crippen LogP contribution in [0.15, 0.2) is 42.5 Å². The number of benzene rings is 2. The third kappa shape index (κ3) is 4.32.